The molecular weight excluding hydrogens is 342 g/mol. The number of aromatic nitrogens is 3. The van der Waals surface area contributed by atoms with Crippen molar-refractivity contribution in [3.05, 3.63) is 59.8 Å². The van der Waals surface area contributed by atoms with Crippen LogP contribution in [-0.2, 0) is 4.74 Å². The SMILES string of the molecule is Cc1ccc(C=C(C#N)c2nnc(N3CCOCC3)n2-c2ccccc2)o1. The van der Waals surface area contributed by atoms with Gasteiger partial charge in [0.15, 0.2) is 5.82 Å². The standard InChI is InChI=1S/C20H19N5O2/c1-15-7-8-18(27-15)13-16(14-21)19-22-23-20(24-9-11-26-12-10-24)25(19)17-5-3-2-4-6-17/h2-8,13H,9-12H2,1H3. The number of para-hydroxylation sites is 1. The highest BCUT2D eigenvalue weighted by Crippen LogP contribution is 2.26. The van der Waals surface area contributed by atoms with E-state index in [-0.39, 0.29) is 0 Å². The Morgan fingerprint density at radius 3 is 2.56 bits per heavy atom. The van der Waals surface area contributed by atoms with Crippen LogP contribution in [0.1, 0.15) is 17.3 Å². The molecule has 1 aliphatic rings. The maximum Gasteiger partial charge on any atom is 0.232 e. The van der Waals surface area contributed by atoms with Gasteiger partial charge in [-0.25, -0.2) is 0 Å². The quantitative estimate of drug-likeness (QED) is 0.665. The van der Waals surface area contributed by atoms with Gasteiger partial charge in [0.2, 0.25) is 5.95 Å². The van der Waals surface area contributed by atoms with E-state index in [1.54, 1.807) is 6.08 Å². The zero-order valence-electron chi connectivity index (χ0n) is 15.0. The summed E-state index contributed by atoms with van der Waals surface area (Å²) in [5, 5.41) is 18.5. The van der Waals surface area contributed by atoms with Crippen LogP contribution in [-0.4, -0.2) is 41.1 Å². The Kier molecular flexibility index (Phi) is 4.73. The van der Waals surface area contributed by atoms with E-state index in [0.717, 1.165) is 24.5 Å². The van der Waals surface area contributed by atoms with Crippen LogP contribution in [0.15, 0.2) is 46.9 Å². The highest BCUT2D eigenvalue weighted by molar-refractivity contribution is 5.87. The Labute approximate surface area is 157 Å². The van der Waals surface area contributed by atoms with Crippen molar-refractivity contribution < 1.29 is 9.15 Å². The van der Waals surface area contributed by atoms with Gasteiger partial charge in [0.1, 0.15) is 23.2 Å². The number of nitrogens with zero attached hydrogens (tertiary/aromatic N) is 5. The molecule has 4 rings (SSSR count). The molecule has 1 aromatic carbocycles. The molecule has 0 spiro atoms. The Bertz CT molecular complexity index is 991. The number of ether oxygens (including phenoxy) is 1. The molecule has 0 atom stereocenters. The van der Waals surface area contributed by atoms with E-state index in [2.05, 4.69) is 21.2 Å². The number of rotatable bonds is 4. The first kappa shape index (κ1) is 17.1. The topological polar surface area (TPSA) is 80.1 Å². The fraction of sp³-hybridized carbons (Fsp3) is 0.250. The second-order valence-corrected chi connectivity index (χ2v) is 6.21. The lowest BCUT2D eigenvalue weighted by atomic mass is 10.2. The van der Waals surface area contributed by atoms with Crippen LogP contribution < -0.4 is 4.90 Å². The van der Waals surface area contributed by atoms with Crippen LogP contribution in [0.2, 0.25) is 0 Å². The van der Waals surface area contributed by atoms with Gasteiger partial charge in [-0.05, 0) is 31.2 Å². The molecule has 0 aliphatic carbocycles. The van der Waals surface area contributed by atoms with Crippen LogP contribution >= 0.6 is 0 Å². The van der Waals surface area contributed by atoms with Crippen molar-refractivity contribution in [3.63, 3.8) is 0 Å². The third-order valence-electron chi connectivity index (χ3n) is 4.36. The Morgan fingerprint density at radius 1 is 1.11 bits per heavy atom. The molecule has 0 unspecified atom stereocenters. The van der Waals surface area contributed by atoms with E-state index in [4.69, 9.17) is 9.15 Å². The van der Waals surface area contributed by atoms with Gasteiger partial charge in [-0.2, -0.15) is 5.26 Å². The molecule has 7 nitrogen and oxygen atoms in total. The van der Waals surface area contributed by atoms with E-state index in [9.17, 15) is 5.26 Å². The molecule has 1 saturated heterocycles. The third-order valence-corrected chi connectivity index (χ3v) is 4.36. The molecule has 0 radical (unpaired) electrons. The minimum absolute atomic E-state index is 0.389. The molecule has 1 aliphatic heterocycles. The number of morpholine rings is 1. The van der Waals surface area contributed by atoms with Crippen molar-refractivity contribution in [1.82, 2.24) is 14.8 Å². The van der Waals surface area contributed by atoms with Crippen LogP contribution in [0, 0.1) is 18.3 Å². The van der Waals surface area contributed by atoms with Crippen molar-refractivity contribution in [2.45, 2.75) is 6.92 Å². The maximum absolute atomic E-state index is 9.76. The number of benzene rings is 1. The largest absolute Gasteiger partial charge is 0.462 e. The number of hydrogen-bond acceptors (Lipinski definition) is 6. The van der Waals surface area contributed by atoms with E-state index in [1.165, 1.54) is 0 Å². The lowest BCUT2D eigenvalue weighted by Gasteiger charge is -2.28. The number of anilines is 1. The predicted octanol–water partition coefficient (Wildman–Crippen LogP) is 3.07. The van der Waals surface area contributed by atoms with Gasteiger partial charge in [-0.1, -0.05) is 18.2 Å². The monoisotopic (exact) mass is 361 g/mol. The summed E-state index contributed by atoms with van der Waals surface area (Å²) in [7, 11) is 0. The van der Waals surface area contributed by atoms with Crippen molar-refractivity contribution in [2.75, 3.05) is 31.2 Å². The number of allylic oxidation sites excluding steroid dienone is 1. The summed E-state index contributed by atoms with van der Waals surface area (Å²) in [4.78, 5) is 2.12. The zero-order chi connectivity index (χ0) is 18.6. The summed E-state index contributed by atoms with van der Waals surface area (Å²) >= 11 is 0. The molecule has 0 amide bonds. The molecule has 2 aromatic heterocycles. The molecule has 3 aromatic rings. The van der Waals surface area contributed by atoms with Crippen molar-refractivity contribution in [1.29, 1.82) is 5.26 Å². The van der Waals surface area contributed by atoms with Gasteiger partial charge in [0.05, 0.1) is 18.9 Å². The molecule has 7 heteroatoms. The van der Waals surface area contributed by atoms with Gasteiger partial charge >= 0.3 is 0 Å². The van der Waals surface area contributed by atoms with Crippen LogP contribution in [0.5, 0.6) is 0 Å². The van der Waals surface area contributed by atoms with Gasteiger partial charge in [-0.15, -0.1) is 10.2 Å². The Hall–Kier alpha value is -3.37. The van der Waals surface area contributed by atoms with Crippen LogP contribution in [0.4, 0.5) is 5.95 Å². The minimum atomic E-state index is 0.389. The minimum Gasteiger partial charge on any atom is -0.462 e. The summed E-state index contributed by atoms with van der Waals surface area (Å²) < 4.78 is 13.0. The first-order valence-electron chi connectivity index (χ1n) is 8.78. The van der Waals surface area contributed by atoms with Crippen LogP contribution in [0.3, 0.4) is 0 Å². The molecule has 1 fully saturated rings. The van der Waals surface area contributed by atoms with E-state index in [0.29, 0.717) is 36.3 Å². The summed E-state index contributed by atoms with van der Waals surface area (Å²) in [6, 6.07) is 15.7. The van der Waals surface area contributed by atoms with E-state index >= 15 is 0 Å². The number of hydrogen-bond donors (Lipinski definition) is 0. The van der Waals surface area contributed by atoms with E-state index < -0.39 is 0 Å². The van der Waals surface area contributed by atoms with E-state index in [1.807, 2.05) is 54.0 Å². The summed E-state index contributed by atoms with van der Waals surface area (Å²) in [6.07, 6.45) is 1.69. The van der Waals surface area contributed by atoms with Gasteiger partial charge in [0, 0.05) is 19.2 Å². The van der Waals surface area contributed by atoms with Crippen LogP contribution in [0.25, 0.3) is 17.3 Å². The van der Waals surface area contributed by atoms with Crippen molar-refractivity contribution in [2.24, 2.45) is 0 Å². The molecule has 27 heavy (non-hydrogen) atoms. The normalized spacial score (nSPS) is 15.0. The van der Waals surface area contributed by atoms with Gasteiger partial charge in [-0.3, -0.25) is 4.57 Å². The Balaban J connectivity index is 1.83. The number of aryl methyl sites for hydroxylation is 1. The van der Waals surface area contributed by atoms with Crippen molar-refractivity contribution in [3.8, 4) is 11.8 Å². The smallest absolute Gasteiger partial charge is 0.232 e. The summed E-state index contributed by atoms with van der Waals surface area (Å²) in [5.74, 6) is 2.59. The third kappa shape index (κ3) is 3.48. The summed E-state index contributed by atoms with van der Waals surface area (Å²) in [6.45, 7) is 4.61. The van der Waals surface area contributed by atoms with Gasteiger partial charge in [0.25, 0.3) is 0 Å². The number of furan rings is 1. The summed E-state index contributed by atoms with van der Waals surface area (Å²) in [5.41, 5.74) is 1.29. The average Bonchev–Trinajstić information content (AvgIpc) is 3.33. The average molecular weight is 361 g/mol. The molecule has 0 saturated carbocycles. The highest BCUT2D eigenvalue weighted by Gasteiger charge is 2.23. The Morgan fingerprint density at radius 2 is 1.89 bits per heavy atom. The predicted molar refractivity (Wildman–Crippen MR) is 101 cm³/mol. The molecular formula is C20H19N5O2. The van der Waals surface area contributed by atoms with Crippen molar-refractivity contribution >= 4 is 17.6 Å². The fourth-order valence-electron chi connectivity index (χ4n) is 3.05. The first-order valence-corrected chi connectivity index (χ1v) is 8.78. The fourth-order valence-corrected chi connectivity index (χ4v) is 3.05. The maximum atomic E-state index is 9.76. The lowest BCUT2D eigenvalue weighted by molar-refractivity contribution is 0.122. The second kappa shape index (κ2) is 7.48. The highest BCUT2D eigenvalue weighted by atomic mass is 16.5. The zero-order valence-corrected chi connectivity index (χ0v) is 15.0. The molecule has 136 valence electrons. The second-order valence-electron chi connectivity index (χ2n) is 6.21. The molecule has 0 bridgehead atoms. The lowest BCUT2D eigenvalue weighted by Crippen LogP contribution is -2.38. The van der Waals surface area contributed by atoms with Gasteiger partial charge < -0.3 is 14.1 Å². The first-order chi connectivity index (χ1) is 13.3. The number of nitriles is 1. The molecule has 3 heterocycles. The molecule has 0 N–H and O–H groups in total.